The van der Waals surface area contributed by atoms with Crippen molar-refractivity contribution in [2.75, 3.05) is 0 Å². The Hall–Kier alpha value is -2.89. The Labute approximate surface area is 173 Å². The van der Waals surface area contributed by atoms with E-state index in [9.17, 15) is 4.79 Å². The zero-order chi connectivity index (χ0) is 19.3. The van der Waals surface area contributed by atoms with E-state index in [0.717, 1.165) is 28.0 Å². The fourth-order valence-corrected chi connectivity index (χ4v) is 4.03. The molecule has 138 valence electrons. The average Bonchev–Trinajstić information content (AvgIpc) is 3.05. The van der Waals surface area contributed by atoms with Crippen LogP contribution in [0.5, 0.6) is 5.75 Å². The molecule has 0 atom stereocenters. The first-order valence-electron chi connectivity index (χ1n) is 8.81. The van der Waals surface area contributed by atoms with Crippen LogP contribution in [0, 0.1) is 0 Å². The minimum atomic E-state index is -0.167. The van der Waals surface area contributed by atoms with Gasteiger partial charge in [-0.3, -0.25) is 4.79 Å². The number of carbonyl (C=O) groups is 1. The summed E-state index contributed by atoms with van der Waals surface area (Å²) in [6.45, 7) is 0.434. The number of hydrogen-bond donors (Lipinski definition) is 1. The van der Waals surface area contributed by atoms with Crippen molar-refractivity contribution in [1.29, 1.82) is 0 Å². The number of rotatable bonds is 5. The van der Waals surface area contributed by atoms with Crippen molar-refractivity contribution >= 4 is 40.3 Å². The van der Waals surface area contributed by atoms with Gasteiger partial charge in [0.1, 0.15) is 16.7 Å². The Morgan fingerprint density at radius 2 is 1.64 bits per heavy atom. The van der Waals surface area contributed by atoms with E-state index in [-0.39, 0.29) is 5.91 Å². The summed E-state index contributed by atoms with van der Waals surface area (Å²) in [5.41, 5.74) is 4.26. The molecule has 28 heavy (non-hydrogen) atoms. The Kier molecular flexibility index (Phi) is 5.55. The maximum atomic E-state index is 12.0. The highest BCUT2D eigenvalue weighted by atomic mass is 32.2. The van der Waals surface area contributed by atoms with E-state index >= 15 is 0 Å². The molecule has 3 aromatic carbocycles. The quantitative estimate of drug-likeness (QED) is 0.456. The molecule has 1 fully saturated rings. The molecule has 0 bridgehead atoms. The summed E-state index contributed by atoms with van der Waals surface area (Å²) in [4.78, 5) is 12.5. The molecule has 1 heterocycles. The van der Waals surface area contributed by atoms with Crippen molar-refractivity contribution in [3.05, 3.63) is 94.9 Å². The van der Waals surface area contributed by atoms with Gasteiger partial charge in [-0.2, -0.15) is 0 Å². The van der Waals surface area contributed by atoms with Gasteiger partial charge in [-0.15, -0.1) is 0 Å². The SMILES string of the molecule is O=C1NC(=S)SC1=Cc1ccccc1OCc1ccccc1-c1ccccc1. The molecule has 0 aromatic heterocycles. The Bertz CT molecular complexity index is 1060. The van der Waals surface area contributed by atoms with Gasteiger partial charge in [-0.1, -0.05) is 96.8 Å². The van der Waals surface area contributed by atoms with E-state index in [1.54, 1.807) is 0 Å². The summed E-state index contributed by atoms with van der Waals surface area (Å²) in [7, 11) is 0. The summed E-state index contributed by atoms with van der Waals surface area (Å²) in [6, 6.07) is 26.2. The summed E-state index contributed by atoms with van der Waals surface area (Å²) >= 11 is 6.32. The molecule has 1 aliphatic heterocycles. The number of carbonyl (C=O) groups excluding carboxylic acids is 1. The molecule has 5 heteroatoms. The summed E-state index contributed by atoms with van der Waals surface area (Å²) in [5.74, 6) is 0.559. The number of hydrogen-bond acceptors (Lipinski definition) is 4. The van der Waals surface area contributed by atoms with Gasteiger partial charge in [0.15, 0.2) is 0 Å². The summed E-state index contributed by atoms with van der Waals surface area (Å²) < 4.78 is 6.62. The maximum absolute atomic E-state index is 12.0. The van der Waals surface area contributed by atoms with Crippen LogP contribution < -0.4 is 10.1 Å². The minimum Gasteiger partial charge on any atom is -0.488 e. The normalized spacial score (nSPS) is 14.9. The summed E-state index contributed by atoms with van der Waals surface area (Å²) in [5, 5.41) is 2.64. The van der Waals surface area contributed by atoms with E-state index in [1.165, 1.54) is 11.8 Å². The monoisotopic (exact) mass is 403 g/mol. The second-order valence-electron chi connectivity index (χ2n) is 6.20. The summed E-state index contributed by atoms with van der Waals surface area (Å²) in [6.07, 6.45) is 1.82. The van der Waals surface area contributed by atoms with Gasteiger partial charge < -0.3 is 10.1 Å². The van der Waals surface area contributed by atoms with Crippen LogP contribution in [0.25, 0.3) is 17.2 Å². The van der Waals surface area contributed by atoms with Crippen molar-refractivity contribution in [3.63, 3.8) is 0 Å². The smallest absolute Gasteiger partial charge is 0.263 e. The lowest BCUT2D eigenvalue weighted by Crippen LogP contribution is -2.17. The first-order valence-corrected chi connectivity index (χ1v) is 10.0. The van der Waals surface area contributed by atoms with Crippen LogP contribution in [0.1, 0.15) is 11.1 Å². The van der Waals surface area contributed by atoms with Gasteiger partial charge in [0, 0.05) is 5.56 Å². The molecule has 0 aliphatic carbocycles. The molecule has 0 unspecified atom stereocenters. The predicted molar refractivity (Wildman–Crippen MR) is 119 cm³/mol. The first kappa shape index (κ1) is 18.5. The minimum absolute atomic E-state index is 0.167. The van der Waals surface area contributed by atoms with Crippen molar-refractivity contribution in [3.8, 4) is 16.9 Å². The van der Waals surface area contributed by atoms with Crippen molar-refractivity contribution in [2.45, 2.75) is 6.61 Å². The highest BCUT2D eigenvalue weighted by molar-refractivity contribution is 8.26. The molecule has 0 radical (unpaired) electrons. The second-order valence-corrected chi connectivity index (χ2v) is 7.92. The third kappa shape index (κ3) is 4.16. The zero-order valence-corrected chi connectivity index (χ0v) is 16.6. The number of para-hydroxylation sites is 1. The average molecular weight is 404 g/mol. The predicted octanol–water partition coefficient (Wildman–Crippen LogP) is 5.42. The molecule has 1 amide bonds. The number of amides is 1. The van der Waals surface area contributed by atoms with E-state index < -0.39 is 0 Å². The number of thiocarbonyl (C=S) groups is 1. The number of ether oxygens (including phenoxy) is 1. The van der Waals surface area contributed by atoms with Crippen LogP contribution in [0.15, 0.2) is 83.8 Å². The third-order valence-corrected chi connectivity index (χ3v) is 5.50. The van der Waals surface area contributed by atoms with Gasteiger partial charge in [-0.25, -0.2) is 0 Å². The van der Waals surface area contributed by atoms with Crippen LogP contribution in [0.3, 0.4) is 0 Å². The fourth-order valence-electron chi connectivity index (χ4n) is 2.99. The molecule has 3 aromatic rings. The zero-order valence-electron chi connectivity index (χ0n) is 14.9. The van der Waals surface area contributed by atoms with Crippen LogP contribution in [0.4, 0.5) is 0 Å². The maximum Gasteiger partial charge on any atom is 0.263 e. The lowest BCUT2D eigenvalue weighted by atomic mass is 10.0. The molecule has 1 N–H and O–H groups in total. The molecular weight excluding hydrogens is 386 g/mol. The second kappa shape index (κ2) is 8.42. The molecular formula is C23H17NO2S2. The fraction of sp³-hybridized carbons (Fsp3) is 0.0435. The number of nitrogens with one attached hydrogen (secondary N) is 1. The molecule has 4 rings (SSSR count). The van der Waals surface area contributed by atoms with Crippen LogP contribution in [-0.2, 0) is 11.4 Å². The third-order valence-electron chi connectivity index (χ3n) is 4.33. The Balaban J connectivity index is 1.58. The van der Waals surface area contributed by atoms with Crippen molar-refractivity contribution in [1.82, 2.24) is 5.32 Å². The van der Waals surface area contributed by atoms with Gasteiger partial charge in [-0.05, 0) is 28.8 Å². The van der Waals surface area contributed by atoms with Gasteiger partial charge in [0.25, 0.3) is 5.91 Å². The standard InChI is InChI=1S/C23H17NO2S2/c25-22-21(28-23(27)24-22)14-17-10-5-7-13-20(17)26-15-18-11-4-6-12-19(18)16-8-2-1-3-9-16/h1-14H,15H2,(H,24,25,27). The van der Waals surface area contributed by atoms with Crippen molar-refractivity contribution < 1.29 is 9.53 Å². The number of benzene rings is 3. The van der Waals surface area contributed by atoms with E-state index in [0.29, 0.717) is 15.8 Å². The lowest BCUT2D eigenvalue weighted by Gasteiger charge is -2.13. The van der Waals surface area contributed by atoms with Gasteiger partial charge in [0.2, 0.25) is 0 Å². The van der Waals surface area contributed by atoms with Gasteiger partial charge in [0.05, 0.1) is 4.91 Å². The highest BCUT2D eigenvalue weighted by Crippen LogP contribution is 2.30. The van der Waals surface area contributed by atoms with E-state index in [4.69, 9.17) is 17.0 Å². The Morgan fingerprint density at radius 3 is 2.43 bits per heavy atom. The molecule has 1 saturated heterocycles. The highest BCUT2D eigenvalue weighted by Gasteiger charge is 2.22. The molecule has 1 aliphatic rings. The van der Waals surface area contributed by atoms with Crippen LogP contribution in [0.2, 0.25) is 0 Å². The van der Waals surface area contributed by atoms with Crippen molar-refractivity contribution in [2.24, 2.45) is 0 Å². The lowest BCUT2D eigenvalue weighted by molar-refractivity contribution is -0.115. The molecule has 3 nitrogen and oxygen atoms in total. The van der Waals surface area contributed by atoms with E-state index in [1.807, 2.05) is 60.7 Å². The molecule has 0 spiro atoms. The largest absolute Gasteiger partial charge is 0.488 e. The molecule has 0 saturated carbocycles. The van der Waals surface area contributed by atoms with Gasteiger partial charge >= 0.3 is 0 Å². The first-order chi connectivity index (χ1) is 13.7. The van der Waals surface area contributed by atoms with Crippen LogP contribution in [-0.4, -0.2) is 10.2 Å². The van der Waals surface area contributed by atoms with Crippen LogP contribution >= 0.6 is 24.0 Å². The van der Waals surface area contributed by atoms with E-state index in [2.05, 4.69) is 29.6 Å². The topological polar surface area (TPSA) is 38.3 Å². The Morgan fingerprint density at radius 1 is 0.929 bits per heavy atom. The number of thioether (sulfide) groups is 1.